The van der Waals surface area contributed by atoms with Gasteiger partial charge in [0.25, 0.3) is 5.91 Å². The van der Waals surface area contributed by atoms with Crippen LogP contribution in [-0.2, 0) is 6.54 Å². The zero-order valence-electron chi connectivity index (χ0n) is 20.1. The van der Waals surface area contributed by atoms with E-state index in [4.69, 9.17) is 15.5 Å². The topological polar surface area (TPSA) is 136 Å². The number of carbonyl (C=O) groups excluding carboxylic acids is 1. The fourth-order valence-electron chi connectivity index (χ4n) is 4.34. The van der Waals surface area contributed by atoms with Gasteiger partial charge in [-0.1, -0.05) is 24.3 Å². The number of hydrogen-bond acceptors (Lipinski definition) is 7. The Bertz CT molecular complexity index is 1810. The second-order valence-corrected chi connectivity index (χ2v) is 8.57. The number of halogens is 1. The van der Waals surface area contributed by atoms with Crippen molar-refractivity contribution in [3.63, 3.8) is 0 Å². The highest BCUT2D eigenvalue weighted by Gasteiger charge is 2.18. The summed E-state index contributed by atoms with van der Waals surface area (Å²) in [6.07, 6.45) is 8.86. The van der Waals surface area contributed by atoms with Gasteiger partial charge in [-0.3, -0.25) is 19.9 Å². The number of carbonyl (C=O) groups is 1. The smallest absolute Gasteiger partial charge is 0.255 e. The lowest BCUT2D eigenvalue weighted by molar-refractivity contribution is 0.0947. The van der Waals surface area contributed by atoms with Crippen LogP contribution in [0.4, 0.5) is 10.2 Å². The number of fused-ring (bicyclic) bond motifs is 2. The average Bonchev–Trinajstić information content (AvgIpc) is 3.58. The number of H-pyrrole nitrogens is 1. The summed E-state index contributed by atoms with van der Waals surface area (Å²) >= 11 is 0. The maximum absolute atomic E-state index is 13.6. The van der Waals surface area contributed by atoms with Gasteiger partial charge in [0, 0.05) is 42.5 Å². The second-order valence-electron chi connectivity index (χ2n) is 8.57. The van der Waals surface area contributed by atoms with Crippen molar-refractivity contribution in [2.24, 2.45) is 0 Å². The van der Waals surface area contributed by atoms with Gasteiger partial charge in [-0.15, -0.1) is 0 Å². The number of imidazole rings is 1. The Labute approximate surface area is 215 Å². The van der Waals surface area contributed by atoms with Crippen LogP contribution in [0.15, 0.2) is 73.4 Å². The monoisotopic (exact) mass is 508 g/mol. The zero-order valence-corrected chi connectivity index (χ0v) is 20.1. The number of aromatic amines is 1. The SMILES string of the molecule is COc1ccc(F)cc1C(=O)NCc1ccc(-c2ncc(-c3cn4ccnc4cn3)c3[nH]nc(N)c23)cc1. The lowest BCUT2D eigenvalue weighted by atomic mass is 10.0. The molecule has 4 N–H and O–H groups in total. The Morgan fingerprint density at radius 1 is 1.13 bits per heavy atom. The summed E-state index contributed by atoms with van der Waals surface area (Å²) in [6, 6.07) is 11.4. The summed E-state index contributed by atoms with van der Waals surface area (Å²) in [7, 11) is 1.43. The third-order valence-corrected chi connectivity index (χ3v) is 6.26. The van der Waals surface area contributed by atoms with Crippen molar-refractivity contribution < 1.29 is 13.9 Å². The molecule has 0 unspecified atom stereocenters. The summed E-state index contributed by atoms with van der Waals surface area (Å²) in [4.78, 5) is 26.0. The van der Waals surface area contributed by atoms with E-state index in [9.17, 15) is 9.18 Å². The van der Waals surface area contributed by atoms with Crippen molar-refractivity contribution >= 4 is 28.3 Å². The van der Waals surface area contributed by atoms with E-state index < -0.39 is 11.7 Å². The number of nitrogens with two attached hydrogens (primary N) is 1. The number of nitrogens with one attached hydrogen (secondary N) is 2. The summed E-state index contributed by atoms with van der Waals surface area (Å²) in [5, 5.41) is 10.7. The Morgan fingerprint density at radius 3 is 2.79 bits per heavy atom. The molecule has 4 heterocycles. The first-order chi connectivity index (χ1) is 18.5. The molecule has 4 aromatic heterocycles. The normalized spacial score (nSPS) is 11.2. The first-order valence-corrected chi connectivity index (χ1v) is 11.6. The van der Waals surface area contributed by atoms with Crippen LogP contribution < -0.4 is 15.8 Å². The molecule has 0 spiro atoms. The highest BCUT2D eigenvalue weighted by molar-refractivity contribution is 6.05. The van der Waals surface area contributed by atoms with Crippen molar-refractivity contribution in [1.29, 1.82) is 0 Å². The van der Waals surface area contributed by atoms with Crippen molar-refractivity contribution in [2.75, 3.05) is 12.8 Å². The number of aromatic nitrogens is 6. The number of anilines is 1. The van der Waals surface area contributed by atoms with Crippen LogP contribution in [0.3, 0.4) is 0 Å². The molecule has 0 atom stereocenters. The number of ether oxygens (including phenoxy) is 1. The van der Waals surface area contributed by atoms with E-state index in [-0.39, 0.29) is 12.1 Å². The Hall–Kier alpha value is -5.32. The Morgan fingerprint density at radius 2 is 1.97 bits per heavy atom. The van der Waals surface area contributed by atoms with E-state index in [1.54, 1.807) is 18.6 Å². The number of hydrogen-bond donors (Lipinski definition) is 3. The molecule has 6 rings (SSSR count). The molecule has 0 bridgehead atoms. The van der Waals surface area contributed by atoms with Crippen molar-refractivity contribution in [1.82, 2.24) is 34.9 Å². The number of rotatable bonds is 6. The predicted molar refractivity (Wildman–Crippen MR) is 140 cm³/mol. The van der Waals surface area contributed by atoms with E-state index in [1.165, 1.54) is 19.2 Å². The largest absolute Gasteiger partial charge is 0.496 e. The quantitative estimate of drug-likeness (QED) is 0.309. The Kier molecular flexibility index (Phi) is 5.64. The van der Waals surface area contributed by atoms with Crippen molar-refractivity contribution in [3.8, 4) is 28.3 Å². The summed E-state index contributed by atoms with van der Waals surface area (Å²) in [5.74, 6) is -0.316. The molecule has 0 saturated carbocycles. The lowest BCUT2D eigenvalue weighted by Gasteiger charge is -2.11. The van der Waals surface area contributed by atoms with E-state index in [0.29, 0.717) is 28.3 Å². The van der Waals surface area contributed by atoms with Gasteiger partial charge in [-0.25, -0.2) is 9.37 Å². The third-order valence-electron chi connectivity index (χ3n) is 6.26. The number of nitrogens with zero attached hydrogens (tertiary/aromatic N) is 5. The second kappa shape index (κ2) is 9.28. The summed E-state index contributed by atoms with van der Waals surface area (Å²) < 4.78 is 20.7. The van der Waals surface area contributed by atoms with E-state index >= 15 is 0 Å². The standard InChI is InChI=1S/C27H21FN8O2/c1-38-21-7-6-17(28)10-18(21)27(37)33-11-15-2-4-16(5-3-15)24-23-25(34-35-26(23)29)19(12-32-24)20-14-36-9-8-30-22(36)13-31-20/h2-10,12-14H,11H2,1H3,(H,33,37)(H3,29,34,35). The Balaban J connectivity index is 1.26. The lowest BCUT2D eigenvalue weighted by Crippen LogP contribution is -2.23. The first-order valence-electron chi connectivity index (χ1n) is 11.6. The van der Waals surface area contributed by atoms with E-state index in [1.807, 2.05) is 41.1 Å². The van der Waals surface area contributed by atoms with Gasteiger partial charge in [0.2, 0.25) is 0 Å². The fraction of sp³-hybridized carbons (Fsp3) is 0.0741. The van der Waals surface area contributed by atoms with Gasteiger partial charge in [0.1, 0.15) is 11.6 Å². The van der Waals surface area contributed by atoms with Crippen LogP contribution in [0.1, 0.15) is 15.9 Å². The number of pyridine rings is 1. The van der Waals surface area contributed by atoms with Gasteiger partial charge < -0.3 is 20.2 Å². The number of nitrogen functional groups attached to an aromatic ring is 1. The molecule has 1 amide bonds. The predicted octanol–water partition coefficient (Wildman–Crippen LogP) is 3.99. The maximum atomic E-state index is 13.6. The minimum atomic E-state index is -0.512. The van der Waals surface area contributed by atoms with E-state index in [2.05, 4.69) is 25.5 Å². The molecule has 0 aliphatic carbocycles. The van der Waals surface area contributed by atoms with Crippen molar-refractivity contribution in [3.05, 3.63) is 90.4 Å². The minimum absolute atomic E-state index is 0.132. The molecule has 0 aliphatic heterocycles. The van der Waals surface area contributed by atoms with Gasteiger partial charge >= 0.3 is 0 Å². The summed E-state index contributed by atoms with van der Waals surface area (Å²) in [6.45, 7) is 0.247. The van der Waals surface area contributed by atoms with Gasteiger partial charge in [-0.2, -0.15) is 5.10 Å². The van der Waals surface area contributed by atoms with Crippen molar-refractivity contribution in [2.45, 2.75) is 6.54 Å². The fourth-order valence-corrected chi connectivity index (χ4v) is 4.34. The number of amides is 1. The van der Waals surface area contributed by atoms with Crippen LogP contribution in [0.2, 0.25) is 0 Å². The molecular weight excluding hydrogens is 487 g/mol. The molecule has 11 heteroatoms. The van der Waals surface area contributed by atoms with Gasteiger partial charge in [0.15, 0.2) is 11.5 Å². The van der Waals surface area contributed by atoms with Crippen LogP contribution in [-0.4, -0.2) is 42.6 Å². The maximum Gasteiger partial charge on any atom is 0.255 e. The molecule has 0 aliphatic rings. The average molecular weight is 509 g/mol. The molecule has 2 aromatic carbocycles. The molecular formula is C27H21FN8O2. The molecule has 10 nitrogen and oxygen atoms in total. The zero-order chi connectivity index (χ0) is 26.2. The summed E-state index contributed by atoms with van der Waals surface area (Å²) in [5.41, 5.74) is 11.6. The molecule has 0 radical (unpaired) electrons. The molecule has 38 heavy (non-hydrogen) atoms. The molecule has 6 aromatic rings. The van der Waals surface area contributed by atoms with Gasteiger partial charge in [-0.05, 0) is 23.8 Å². The number of methoxy groups -OCH3 is 1. The van der Waals surface area contributed by atoms with E-state index in [0.717, 1.165) is 33.9 Å². The highest BCUT2D eigenvalue weighted by Crippen LogP contribution is 2.35. The number of benzene rings is 2. The molecule has 0 fully saturated rings. The molecule has 0 saturated heterocycles. The van der Waals surface area contributed by atoms with Crippen LogP contribution in [0.5, 0.6) is 5.75 Å². The van der Waals surface area contributed by atoms with Crippen LogP contribution >= 0.6 is 0 Å². The van der Waals surface area contributed by atoms with Crippen LogP contribution in [0.25, 0.3) is 39.1 Å². The van der Waals surface area contributed by atoms with Gasteiger partial charge in [0.05, 0.1) is 41.2 Å². The molecule has 188 valence electrons. The third kappa shape index (κ3) is 4.05. The minimum Gasteiger partial charge on any atom is -0.496 e. The first kappa shape index (κ1) is 23.1. The highest BCUT2D eigenvalue weighted by atomic mass is 19.1. The van der Waals surface area contributed by atoms with Crippen LogP contribution in [0, 0.1) is 5.82 Å².